The zero-order valence-corrected chi connectivity index (χ0v) is 40.7. The van der Waals surface area contributed by atoms with Gasteiger partial charge in [0.1, 0.15) is 0 Å². The molecule has 0 saturated heterocycles. The zero-order valence-electron chi connectivity index (χ0n) is 40.7. The SMILES string of the molecule is CCOC(=O)C1=C(C)N(c2cccc(C(F)(F)F)c2)C(=O)N(CCCN(CC)CCCN2C(=O)N(c3cccc(C(F)(F)F)c3)C(C)=C(C(=O)OCC)C2c2ccc(C=NC)cc2)C1c1ccc(C#N)cc1. The Balaban J connectivity index is 1.31. The summed E-state index contributed by atoms with van der Waals surface area (Å²) in [5.41, 5.74) is 0.115. The van der Waals surface area contributed by atoms with Gasteiger partial charge in [-0.2, -0.15) is 31.6 Å². The fourth-order valence-corrected chi connectivity index (χ4v) is 9.05. The molecule has 0 aliphatic carbocycles. The monoisotopic (exact) mass is 999 g/mol. The van der Waals surface area contributed by atoms with Gasteiger partial charge in [-0.25, -0.2) is 19.2 Å². The van der Waals surface area contributed by atoms with Crippen LogP contribution in [0.25, 0.3) is 0 Å². The molecule has 0 spiro atoms. The Morgan fingerprint density at radius 1 is 0.681 bits per heavy atom. The van der Waals surface area contributed by atoms with Gasteiger partial charge in [-0.1, -0.05) is 55.5 Å². The minimum absolute atomic E-state index is 0.00398. The van der Waals surface area contributed by atoms with Crippen LogP contribution >= 0.6 is 0 Å². The largest absolute Gasteiger partial charge is 0.463 e. The topological polar surface area (TPSA) is 139 Å². The molecule has 2 atom stereocenters. The number of benzene rings is 4. The Labute approximate surface area is 414 Å². The third kappa shape index (κ3) is 11.8. The molecule has 6 rings (SSSR count). The van der Waals surface area contributed by atoms with E-state index in [0.29, 0.717) is 42.7 Å². The number of urea groups is 2. The number of nitriles is 1. The summed E-state index contributed by atoms with van der Waals surface area (Å²) < 4.78 is 95.1. The molecule has 2 aliphatic heterocycles. The number of carbonyl (C=O) groups is 4. The Morgan fingerprint density at radius 2 is 1.10 bits per heavy atom. The maximum Gasteiger partial charge on any atom is 0.416 e. The molecule has 4 aromatic rings. The van der Waals surface area contributed by atoms with Gasteiger partial charge in [-0.15, -0.1) is 0 Å². The lowest BCUT2D eigenvalue weighted by atomic mass is 9.92. The first kappa shape index (κ1) is 53.9. The average molecular weight is 1000 g/mol. The molecule has 0 N–H and O–H groups in total. The number of halogens is 6. The lowest BCUT2D eigenvalue weighted by molar-refractivity contribution is -0.140. The Hall–Kier alpha value is -7.46. The standard InChI is InChI=1S/C53H55F6N7O6/c1-7-62(26-12-28-63-46(38-22-18-36(32-60)19-23-38)44(48(67)71-8-2)34(4)65(50(63)69)42-16-10-14-40(30-42)52(54,55)56)27-13-29-64-47(39-24-20-37(21-25-39)33-61-6)45(49(68)72-9-3)35(5)66(51(64)70)43-17-11-15-41(31-43)53(57,58)59/h10-11,14-25,30-31,33,46-47H,7-9,12-13,26-29H2,1-6H3. The van der Waals surface area contributed by atoms with E-state index in [4.69, 9.17) is 9.47 Å². The van der Waals surface area contributed by atoms with Crippen LogP contribution in [0.4, 0.5) is 47.3 Å². The summed E-state index contributed by atoms with van der Waals surface area (Å²) in [7, 11) is 1.61. The number of alkyl halides is 6. The van der Waals surface area contributed by atoms with E-state index >= 15 is 0 Å². The summed E-state index contributed by atoms with van der Waals surface area (Å²) in [6.45, 7) is 9.25. The molecule has 0 fully saturated rings. The van der Waals surface area contributed by atoms with Gasteiger partial charge in [0.2, 0.25) is 0 Å². The fraction of sp³-hybridized carbons (Fsp3) is 0.358. The summed E-state index contributed by atoms with van der Waals surface area (Å²) in [5.74, 6) is -1.54. The van der Waals surface area contributed by atoms with Crippen LogP contribution < -0.4 is 9.80 Å². The second kappa shape index (κ2) is 23.2. The second-order valence-electron chi connectivity index (χ2n) is 16.9. The summed E-state index contributed by atoms with van der Waals surface area (Å²) in [6.07, 6.45) is -7.24. The molecule has 0 bridgehead atoms. The van der Waals surface area contributed by atoms with E-state index < -0.39 is 59.6 Å². The van der Waals surface area contributed by atoms with Crippen molar-refractivity contribution in [2.45, 2.75) is 71.9 Å². The molecule has 13 nitrogen and oxygen atoms in total. The van der Waals surface area contributed by atoms with Crippen molar-refractivity contribution in [1.29, 1.82) is 5.26 Å². The Bertz CT molecular complexity index is 2770. The van der Waals surface area contributed by atoms with Crippen LogP contribution in [-0.4, -0.2) is 97.9 Å². The highest BCUT2D eigenvalue weighted by Crippen LogP contribution is 2.43. The number of hydrogen-bond acceptors (Lipinski definition) is 9. The van der Waals surface area contributed by atoms with E-state index in [9.17, 15) is 50.8 Å². The van der Waals surface area contributed by atoms with Gasteiger partial charge in [-0.3, -0.25) is 14.8 Å². The maximum atomic E-state index is 14.8. The van der Waals surface area contributed by atoms with Crippen molar-refractivity contribution in [2.75, 3.05) is 62.8 Å². The number of aliphatic imine (C=N–C) groups is 1. The van der Waals surface area contributed by atoms with E-state index in [2.05, 4.69) is 4.99 Å². The molecular weight excluding hydrogens is 945 g/mol. The number of ether oxygens (including phenoxy) is 2. The van der Waals surface area contributed by atoms with Crippen molar-refractivity contribution in [3.63, 3.8) is 0 Å². The number of rotatable bonds is 18. The van der Waals surface area contributed by atoms with Crippen LogP contribution in [0, 0.1) is 11.3 Å². The lowest BCUT2D eigenvalue weighted by Crippen LogP contribution is -2.52. The van der Waals surface area contributed by atoms with E-state index in [1.165, 1.54) is 60.0 Å². The van der Waals surface area contributed by atoms with E-state index in [0.717, 1.165) is 39.6 Å². The summed E-state index contributed by atoms with van der Waals surface area (Å²) in [6, 6.07) is 20.5. The number of carbonyl (C=O) groups excluding carboxylic acids is 4. The first-order valence-electron chi connectivity index (χ1n) is 23.4. The predicted octanol–water partition coefficient (Wildman–Crippen LogP) is 11.1. The molecule has 4 amide bonds. The van der Waals surface area contributed by atoms with Crippen molar-refractivity contribution in [3.05, 3.63) is 153 Å². The molecular formula is C53H55F6N7O6. The smallest absolute Gasteiger partial charge is 0.416 e. The number of esters is 2. The predicted molar refractivity (Wildman–Crippen MR) is 259 cm³/mol. The zero-order chi connectivity index (χ0) is 52.5. The minimum atomic E-state index is -4.73. The van der Waals surface area contributed by atoms with Crippen LogP contribution in [0.1, 0.15) is 92.9 Å². The van der Waals surface area contributed by atoms with Gasteiger partial charge in [0.15, 0.2) is 0 Å². The van der Waals surface area contributed by atoms with Crippen molar-refractivity contribution >= 4 is 41.6 Å². The summed E-state index contributed by atoms with van der Waals surface area (Å²) in [5, 5.41) is 9.54. The third-order valence-corrected chi connectivity index (χ3v) is 12.4. The minimum Gasteiger partial charge on any atom is -0.463 e. The van der Waals surface area contributed by atoms with Gasteiger partial charge < -0.3 is 24.2 Å². The van der Waals surface area contributed by atoms with Crippen molar-refractivity contribution in [3.8, 4) is 6.07 Å². The Kier molecular flexibility index (Phi) is 17.3. The highest BCUT2D eigenvalue weighted by molar-refractivity contribution is 6.04. The van der Waals surface area contributed by atoms with E-state index in [1.54, 1.807) is 63.5 Å². The van der Waals surface area contributed by atoms with Crippen LogP contribution in [0.5, 0.6) is 0 Å². The molecule has 380 valence electrons. The summed E-state index contributed by atoms with van der Waals surface area (Å²) in [4.78, 5) is 68.5. The normalized spacial score (nSPS) is 16.8. The number of nitrogens with zero attached hydrogens (tertiary/aromatic N) is 7. The molecule has 0 radical (unpaired) electrons. The van der Waals surface area contributed by atoms with Crippen LogP contribution in [0.3, 0.4) is 0 Å². The van der Waals surface area contributed by atoms with Crippen LogP contribution in [-0.2, 0) is 31.4 Å². The first-order valence-corrected chi connectivity index (χ1v) is 23.4. The van der Waals surface area contributed by atoms with Gasteiger partial charge >= 0.3 is 36.4 Å². The Morgan fingerprint density at radius 3 is 1.46 bits per heavy atom. The highest BCUT2D eigenvalue weighted by Gasteiger charge is 2.45. The average Bonchev–Trinajstić information content (AvgIpc) is 3.34. The molecule has 2 unspecified atom stereocenters. The molecule has 0 saturated carbocycles. The second-order valence-corrected chi connectivity index (χ2v) is 16.9. The van der Waals surface area contributed by atoms with Gasteiger partial charge in [-0.05, 0) is 125 Å². The number of hydrogen-bond donors (Lipinski definition) is 0. The quantitative estimate of drug-likeness (QED) is 0.0545. The van der Waals surface area contributed by atoms with Crippen molar-refractivity contribution in [1.82, 2.24) is 14.7 Å². The number of amides is 4. The molecule has 4 aromatic carbocycles. The third-order valence-electron chi connectivity index (χ3n) is 12.4. The first-order chi connectivity index (χ1) is 34.3. The fourth-order valence-electron chi connectivity index (χ4n) is 9.05. The molecule has 2 heterocycles. The van der Waals surface area contributed by atoms with Crippen molar-refractivity contribution < 1.29 is 55.0 Å². The molecule has 72 heavy (non-hydrogen) atoms. The van der Waals surface area contributed by atoms with Gasteiger partial charge in [0.05, 0.1) is 70.6 Å². The van der Waals surface area contributed by atoms with Crippen LogP contribution in [0.2, 0.25) is 0 Å². The van der Waals surface area contributed by atoms with Crippen molar-refractivity contribution in [2.24, 2.45) is 4.99 Å². The number of anilines is 2. The molecule has 19 heteroatoms. The lowest BCUT2D eigenvalue weighted by Gasteiger charge is -2.43. The summed E-state index contributed by atoms with van der Waals surface area (Å²) >= 11 is 0. The van der Waals surface area contributed by atoms with Crippen LogP contribution in [0.15, 0.2) is 125 Å². The van der Waals surface area contributed by atoms with E-state index in [-0.39, 0.29) is 66.6 Å². The van der Waals surface area contributed by atoms with E-state index in [1.807, 2.05) is 17.9 Å². The molecule has 0 aromatic heterocycles. The van der Waals surface area contributed by atoms with Gasteiger partial charge in [0.25, 0.3) is 0 Å². The maximum absolute atomic E-state index is 14.8. The molecule has 2 aliphatic rings. The number of allylic oxidation sites excluding steroid dienone is 2. The van der Waals surface area contributed by atoms with Gasteiger partial charge in [0, 0.05) is 37.7 Å². The highest BCUT2D eigenvalue weighted by atomic mass is 19.4.